The summed E-state index contributed by atoms with van der Waals surface area (Å²) in [5.41, 5.74) is 3.53. The number of imidazole rings is 1. The summed E-state index contributed by atoms with van der Waals surface area (Å²) in [4.78, 5) is 4.58. The Labute approximate surface area is 159 Å². The van der Waals surface area contributed by atoms with Crippen LogP contribution in [0, 0.1) is 6.92 Å². The van der Waals surface area contributed by atoms with Crippen molar-refractivity contribution in [2.75, 3.05) is 0 Å². The molecule has 0 saturated carbocycles. The minimum atomic E-state index is -0.575. The van der Waals surface area contributed by atoms with Crippen molar-refractivity contribution >= 4 is 0 Å². The molecule has 0 unspecified atom stereocenters. The fourth-order valence-electron chi connectivity index (χ4n) is 3.90. The standard InChI is InChI=1S/C24H22N2O/c1-19-25-23(18-27)17-26(19)24(20-11-5-2-6-12-20,21-13-7-3-8-14-21)22-15-9-4-10-16-22/h2-17,27H,18H2,1H3. The Bertz CT molecular complexity index is 912. The van der Waals surface area contributed by atoms with Crippen LogP contribution in [0.3, 0.4) is 0 Å². The van der Waals surface area contributed by atoms with Crippen molar-refractivity contribution in [3.05, 3.63) is 125 Å². The number of rotatable bonds is 5. The first-order chi connectivity index (χ1) is 13.3. The topological polar surface area (TPSA) is 38.1 Å². The van der Waals surface area contributed by atoms with Crippen LogP contribution in [0.5, 0.6) is 0 Å². The van der Waals surface area contributed by atoms with E-state index < -0.39 is 5.54 Å². The Kier molecular flexibility index (Phi) is 4.61. The van der Waals surface area contributed by atoms with Crippen LogP contribution in [0.25, 0.3) is 0 Å². The van der Waals surface area contributed by atoms with Crippen molar-refractivity contribution in [2.24, 2.45) is 0 Å². The maximum atomic E-state index is 9.68. The second kappa shape index (κ2) is 7.22. The first kappa shape index (κ1) is 17.3. The number of aliphatic hydroxyl groups excluding tert-OH is 1. The predicted octanol–water partition coefficient (Wildman–Crippen LogP) is 4.52. The summed E-state index contributed by atoms with van der Waals surface area (Å²) in [6.45, 7) is 1.91. The van der Waals surface area contributed by atoms with Gasteiger partial charge in [0.25, 0.3) is 0 Å². The number of aryl methyl sites for hydroxylation is 1. The monoisotopic (exact) mass is 354 g/mol. The second-order valence-corrected chi connectivity index (χ2v) is 6.62. The van der Waals surface area contributed by atoms with Crippen LogP contribution in [-0.2, 0) is 12.1 Å². The molecule has 0 amide bonds. The SMILES string of the molecule is Cc1nc(CO)cn1C(c1ccccc1)(c1ccccc1)c1ccccc1. The van der Waals surface area contributed by atoms with Crippen molar-refractivity contribution < 1.29 is 5.11 Å². The highest BCUT2D eigenvalue weighted by atomic mass is 16.3. The number of aromatic nitrogens is 2. The van der Waals surface area contributed by atoms with Crippen LogP contribution in [-0.4, -0.2) is 14.7 Å². The van der Waals surface area contributed by atoms with Gasteiger partial charge in [0.15, 0.2) is 0 Å². The molecular weight excluding hydrogens is 332 g/mol. The molecule has 27 heavy (non-hydrogen) atoms. The third-order valence-corrected chi connectivity index (χ3v) is 5.03. The smallest absolute Gasteiger partial charge is 0.121 e. The molecular formula is C24H22N2O. The molecule has 0 aliphatic carbocycles. The van der Waals surface area contributed by atoms with E-state index in [0.717, 1.165) is 22.5 Å². The van der Waals surface area contributed by atoms with E-state index in [9.17, 15) is 5.11 Å². The molecule has 0 radical (unpaired) electrons. The van der Waals surface area contributed by atoms with Gasteiger partial charge in [0.05, 0.1) is 12.3 Å². The van der Waals surface area contributed by atoms with Gasteiger partial charge >= 0.3 is 0 Å². The summed E-state index contributed by atoms with van der Waals surface area (Å²) >= 11 is 0. The summed E-state index contributed by atoms with van der Waals surface area (Å²) in [5, 5.41) is 9.68. The van der Waals surface area contributed by atoms with Gasteiger partial charge in [-0.05, 0) is 23.6 Å². The number of aliphatic hydroxyl groups is 1. The summed E-state index contributed by atoms with van der Waals surface area (Å²) in [5.74, 6) is 0.857. The molecule has 0 bridgehead atoms. The molecule has 0 saturated heterocycles. The predicted molar refractivity (Wildman–Crippen MR) is 107 cm³/mol. The average molecular weight is 354 g/mol. The normalized spacial score (nSPS) is 11.5. The van der Waals surface area contributed by atoms with Gasteiger partial charge in [-0.25, -0.2) is 4.98 Å². The van der Waals surface area contributed by atoms with Crippen LogP contribution in [0.1, 0.15) is 28.2 Å². The lowest BCUT2D eigenvalue weighted by Crippen LogP contribution is -2.38. The lowest BCUT2D eigenvalue weighted by molar-refractivity contribution is 0.277. The number of benzene rings is 3. The molecule has 1 heterocycles. The van der Waals surface area contributed by atoms with Crippen LogP contribution in [0.15, 0.2) is 97.2 Å². The molecule has 0 aliphatic heterocycles. The van der Waals surface area contributed by atoms with Gasteiger partial charge in [0.2, 0.25) is 0 Å². The van der Waals surface area contributed by atoms with Crippen molar-refractivity contribution in [3.8, 4) is 0 Å². The zero-order chi connectivity index (χ0) is 18.7. The fraction of sp³-hybridized carbons (Fsp3) is 0.125. The maximum Gasteiger partial charge on any atom is 0.121 e. The maximum absolute atomic E-state index is 9.68. The molecule has 4 aromatic rings. The number of nitrogens with zero attached hydrogens (tertiary/aromatic N) is 2. The zero-order valence-corrected chi connectivity index (χ0v) is 15.3. The highest BCUT2D eigenvalue weighted by Gasteiger charge is 2.39. The van der Waals surface area contributed by atoms with Gasteiger partial charge < -0.3 is 9.67 Å². The molecule has 3 heteroatoms. The van der Waals surface area contributed by atoms with E-state index in [1.165, 1.54) is 0 Å². The van der Waals surface area contributed by atoms with Crippen molar-refractivity contribution in [2.45, 2.75) is 19.1 Å². The Balaban J connectivity index is 2.14. The quantitative estimate of drug-likeness (QED) is 0.535. The Morgan fingerprint density at radius 2 is 1.15 bits per heavy atom. The van der Waals surface area contributed by atoms with Crippen LogP contribution < -0.4 is 0 Å². The minimum absolute atomic E-state index is 0.0811. The van der Waals surface area contributed by atoms with E-state index in [0.29, 0.717) is 5.69 Å². The number of hydrogen-bond acceptors (Lipinski definition) is 2. The minimum Gasteiger partial charge on any atom is -0.390 e. The van der Waals surface area contributed by atoms with Gasteiger partial charge in [-0.3, -0.25) is 0 Å². The summed E-state index contributed by atoms with van der Waals surface area (Å²) in [7, 11) is 0. The van der Waals surface area contributed by atoms with E-state index in [-0.39, 0.29) is 6.61 Å². The molecule has 3 aromatic carbocycles. The zero-order valence-electron chi connectivity index (χ0n) is 15.3. The fourth-order valence-corrected chi connectivity index (χ4v) is 3.90. The Morgan fingerprint density at radius 3 is 1.48 bits per heavy atom. The van der Waals surface area contributed by atoms with Crippen LogP contribution in [0.4, 0.5) is 0 Å². The average Bonchev–Trinajstić information content (AvgIpc) is 3.12. The summed E-state index contributed by atoms with van der Waals surface area (Å²) < 4.78 is 2.18. The lowest BCUT2D eigenvalue weighted by atomic mass is 9.76. The molecule has 3 nitrogen and oxygen atoms in total. The van der Waals surface area contributed by atoms with Crippen LogP contribution in [0.2, 0.25) is 0 Å². The first-order valence-corrected chi connectivity index (χ1v) is 9.09. The van der Waals surface area contributed by atoms with Gasteiger partial charge in [-0.2, -0.15) is 0 Å². The molecule has 1 aromatic heterocycles. The molecule has 4 rings (SSSR count). The van der Waals surface area contributed by atoms with Gasteiger partial charge in [0.1, 0.15) is 11.4 Å². The van der Waals surface area contributed by atoms with Gasteiger partial charge in [0, 0.05) is 6.20 Å². The third-order valence-electron chi connectivity index (χ3n) is 5.03. The summed E-state index contributed by atoms with van der Waals surface area (Å²) in [6, 6.07) is 31.4. The molecule has 134 valence electrons. The Hall–Kier alpha value is -3.17. The highest BCUT2D eigenvalue weighted by molar-refractivity contribution is 5.51. The van der Waals surface area contributed by atoms with E-state index in [4.69, 9.17) is 0 Å². The van der Waals surface area contributed by atoms with Crippen molar-refractivity contribution in [1.29, 1.82) is 0 Å². The molecule has 0 spiro atoms. The largest absolute Gasteiger partial charge is 0.390 e. The van der Waals surface area contributed by atoms with Gasteiger partial charge in [-0.15, -0.1) is 0 Å². The van der Waals surface area contributed by atoms with E-state index in [1.54, 1.807) is 0 Å². The van der Waals surface area contributed by atoms with Crippen molar-refractivity contribution in [3.63, 3.8) is 0 Å². The molecule has 0 atom stereocenters. The third kappa shape index (κ3) is 2.86. The van der Waals surface area contributed by atoms with Gasteiger partial charge in [-0.1, -0.05) is 91.0 Å². The lowest BCUT2D eigenvalue weighted by Gasteiger charge is -2.38. The summed E-state index contributed by atoms with van der Waals surface area (Å²) in [6.07, 6.45) is 1.96. The Morgan fingerprint density at radius 1 is 0.741 bits per heavy atom. The number of hydrogen-bond donors (Lipinski definition) is 1. The van der Waals surface area contributed by atoms with Crippen molar-refractivity contribution in [1.82, 2.24) is 9.55 Å². The van der Waals surface area contributed by atoms with Crippen LogP contribution >= 0.6 is 0 Å². The van der Waals surface area contributed by atoms with E-state index >= 15 is 0 Å². The van der Waals surface area contributed by atoms with E-state index in [2.05, 4.69) is 82.3 Å². The first-order valence-electron chi connectivity index (χ1n) is 9.09. The van der Waals surface area contributed by atoms with E-state index in [1.807, 2.05) is 31.3 Å². The highest BCUT2D eigenvalue weighted by Crippen LogP contribution is 2.41. The molecule has 0 aliphatic rings. The second-order valence-electron chi connectivity index (χ2n) is 6.62. The molecule has 0 fully saturated rings. The molecule has 1 N–H and O–H groups in total.